The first kappa shape index (κ1) is 24.6. The number of benzene rings is 3. The molecule has 0 atom stereocenters. The molecule has 0 radical (unpaired) electrons. The number of phenols is 1. The van der Waals surface area contributed by atoms with Gasteiger partial charge in [-0.15, -0.1) is 23.1 Å². The Labute approximate surface area is 202 Å². The Morgan fingerprint density at radius 3 is 2.30 bits per heavy atom. The Hall–Kier alpha value is -3.07. The van der Waals surface area contributed by atoms with Gasteiger partial charge in [-0.25, -0.2) is 8.42 Å². The Morgan fingerprint density at radius 1 is 0.939 bits per heavy atom. The number of thioether (sulfide) groups is 1. The van der Waals surface area contributed by atoms with E-state index in [0.717, 1.165) is 11.1 Å². The van der Waals surface area contributed by atoms with Gasteiger partial charge in [-0.05, 0) is 53.3 Å². The molecule has 0 aliphatic carbocycles. The van der Waals surface area contributed by atoms with Crippen LogP contribution in [0.25, 0.3) is 22.3 Å². The standard InChI is InChI=1S/C24H20N2O3S3.CH4/c1-30-24-22(14-21(31-24)23(25)26)32(28,29)18-9-5-8-17(12-18)19-13-16(10-11-20(19)27)15-6-3-2-4-7-15;/h2-14,27H,1H3,(H3,25,26);1H4. The van der Waals surface area contributed by atoms with E-state index >= 15 is 0 Å². The number of sulfone groups is 1. The molecular formula is C25H24N2O3S3. The predicted octanol–water partition coefficient (Wildman–Crippen LogP) is 6.26. The topological polar surface area (TPSA) is 104 Å². The molecule has 3 aromatic carbocycles. The van der Waals surface area contributed by atoms with Crippen molar-refractivity contribution in [3.8, 4) is 28.0 Å². The van der Waals surface area contributed by atoms with Crippen LogP contribution in [0.2, 0.25) is 0 Å². The van der Waals surface area contributed by atoms with Gasteiger partial charge in [-0.3, -0.25) is 5.41 Å². The lowest BCUT2D eigenvalue weighted by Gasteiger charge is -2.11. The third-order valence-electron chi connectivity index (χ3n) is 4.97. The zero-order chi connectivity index (χ0) is 22.9. The fourth-order valence-electron chi connectivity index (χ4n) is 3.36. The first-order valence-corrected chi connectivity index (χ1v) is 13.1. The Balaban J connectivity index is 0.00000306. The quantitative estimate of drug-likeness (QED) is 0.166. The summed E-state index contributed by atoms with van der Waals surface area (Å²) in [5, 5.41) is 18.2. The summed E-state index contributed by atoms with van der Waals surface area (Å²) in [6.07, 6.45) is 1.79. The first-order chi connectivity index (χ1) is 15.3. The Morgan fingerprint density at radius 2 is 1.64 bits per heavy atom. The minimum atomic E-state index is -3.84. The number of amidine groups is 1. The second kappa shape index (κ2) is 9.82. The van der Waals surface area contributed by atoms with Crippen LogP contribution in [0.4, 0.5) is 0 Å². The van der Waals surface area contributed by atoms with Crippen LogP contribution in [-0.2, 0) is 9.84 Å². The van der Waals surface area contributed by atoms with Gasteiger partial charge in [-0.2, -0.15) is 0 Å². The number of rotatable bonds is 6. The molecule has 4 aromatic rings. The number of nitrogen functional groups attached to an aromatic ring is 1. The number of nitrogens with one attached hydrogen (secondary N) is 1. The minimum absolute atomic E-state index is 0. The molecule has 0 saturated carbocycles. The van der Waals surface area contributed by atoms with E-state index in [1.165, 1.54) is 35.2 Å². The van der Waals surface area contributed by atoms with Crippen molar-refractivity contribution >= 4 is 38.8 Å². The summed E-state index contributed by atoms with van der Waals surface area (Å²) in [6.45, 7) is 0. The van der Waals surface area contributed by atoms with E-state index in [2.05, 4.69) is 0 Å². The lowest BCUT2D eigenvalue weighted by Crippen LogP contribution is -2.08. The number of aromatic hydroxyl groups is 1. The third-order valence-corrected chi connectivity index (χ3v) is 9.30. The van der Waals surface area contributed by atoms with Crippen LogP contribution < -0.4 is 5.73 Å². The van der Waals surface area contributed by atoms with E-state index in [-0.39, 0.29) is 28.8 Å². The largest absolute Gasteiger partial charge is 0.507 e. The lowest BCUT2D eigenvalue weighted by atomic mass is 9.98. The summed E-state index contributed by atoms with van der Waals surface area (Å²) in [7, 11) is -3.84. The number of nitrogens with two attached hydrogens (primary N) is 1. The van der Waals surface area contributed by atoms with Crippen molar-refractivity contribution in [3.05, 3.63) is 83.7 Å². The van der Waals surface area contributed by atoms with Gasteiger partial charge in [0.15, 0.2) is 0 Å². The van der Waals surface area contributed by atoms with E-state index in [1.54, 1.807) is 30.5 Å². The zero-order valence-corrected chi connectivity index (χ0v) is 19.5. The molecule has 0 aliphatic rings. The van der Waals surface area contributed by atoms with Gasteiger partial charge in [-0.1, -0.05) is 56.0 Å². The summed E-state index contributed by atoms with van der Waals surface area (Å²) in [6, 6.07) is 23.0. The molecule has 0 unspecified atom stereocenters. The lowest BCUT2D eigenvalue weighted by molar-refractivity contribution is 0.477. The summed E-state index contributed by atoms with van der Waals surface area (Å²) in [4.78, 5) is 0.666. The van der Waals surface area contributed by atoms with E-state index in [1.807, 2.05) is 42.5 Å². The van der Waals surface area contributed by atoms with E-state index < -0.39 is 9.84 Å². The Kier molecular flexibility index (Phi) is 7.31. The molecule has 0 saturated heterocycles. The van der Waals surface area contributed by atoms with Crippen LogP contribution >= 0.6 is 23.1 Å². The second-order valence-electron chi connectivity index (χ2n) is 7.01. The molecule has 1 heterocycles. The molecule has 170 valence electrons. The summed E-state index contributed by atoms with van der Waals surface area (Å²) < 4.78 is 27.4. The highest BCUT2D eigenvalue weighted by atomic mass is 32.2. The van der Waals surface area contributed by atoms with E-state index in [0.29, 0.717) is 20.2 Å². The van der Waals surface area contributed by atoms with Crippen molar-refractivity contribution in [1.82, 2.24) is 0 Å². The molecule has 8 heteroatoms. The number of hydrogen-bond acceptors (Lipinski definition) is 6. The molecule has 4 N–H and O–H groups in total. The maximum atomic E-state index is 13.4. The average molecular weight is 497 g/mol. The van der Waals surface area contributed by atoms with Crippen molar-refractivity contribution in [2.24, 2.45) is 5.73 Å². The minimum Gasteiger partial charge on any atom is -0.507 e. The van der Waals surface area contributed by atoms with Gasteiger partial charge in [0, 0.05) is 5.56 Å². The molecular weight excluding hydrogens is 472 g/mol. The molecule has 0 aliphatic heterocycles. The molecule has 4 rings (SSSR count). The summed E-state index contributed by atoms with van der Waals surface area (Å²) >= 11 is 2.49. The van der Waals surface area contributed by atoms with Crippen molar-refractivity contribution in [2.75, 3.05) is 6.26 Å². The van der Waals surface area contributed by atoms with Crippen LogP contribution in [0.1, 0.15) is 12.3 Å². The second-order valence-corrected chi connectivity index (χ2v) is 11.1. The maximum Gasteiger partial charge on any atom is 0.208 e. The normalized spacial score (nSPS) is 11.1. The van der Waals surface area contributed by atoms with Gasteiger partial charge in [0.05, 0.1) is 18.9 Å². The average Bonchev–Trinajstić information content (AvgIpc) is 3.26. The van der Waals surface area contributed by atoms with Gasteiger partial charge < -0.3 is 10.8 Å². The summed E-state index contributed by atoms with van der Waals surface area (Å²) in [5.74, 6) is -0.0958. The van der Waals surface area contributed by atoms with Crippen LogP contribution in [-0.4, -0.2) is 25.6 Å². The van der Waals surface area contributed by atoms with Crippen LogP contribution in [0.5, 0.6) is 5.75 Å². The maximum absolute atomic E-state index is 13.4. The van der Waals surface area contributed by atoms with Gasteiger partial charge in [0.25, 0.3) is 0 Å². The Bertz CT molecular complexity index is 1410. The van der Waals surface area contributed by atoms with Gasteiger partial charge in [0.1, 0.15) is 11.6 Å². The van der Waals surface area contributed by atoms with E-state index in [4.69, 9.17) is 11.1 Å². The molecule has 0 bridgehead atoms. The molecule has 0 fully saturated rings. The van der Waals surface area contributed by atoms with Crippen molar-refractivity contribution < 1.29 is 13.5 Å². The van der Waals surface area contributed by atoms with Crippen LogP contribution in [0.15, 0.2) is 92.9 Å². The smallest absolute Gasteiger partial charge is 0.208 e. The summed E-state index contributed by atoms with van der Waals surface area (Å²) in [5.41, 5.74) is 8.62. The zero-order valence-electron chi connectivity index (χ0n) is 17.1. The van der Waals surface area contributed by atoms with Crippen LogP contribution in [0.3, 0.4) is 0 Å². The predicted molar refractivity (Wildman–Crippen MR) is 138 cm³/mol. The highest BCUT2D eigenvalue weighted by Gasteiger charge is 2.25. The van der Waals surface area contributed by atoms with E-state index in [9.17, 15) is 13.5 Å². The van der Waals surface area contributed by atoms with Crippen molar-refractivity contribution in [3.63, 3.8) is 0 Å². The van der Waals surface area contributed by atoms with Crippen molar-refractivity contribution in [2.45, 2.75) is 21.4 Å². The highest BCUT2D eigenvalue weighted by Crippen LogP contribution is 2.39. The fraction of sp³-hybridized carbons (Fsp3) is 0.0800. The molecule has 0 spiro atoms. The molecule has 0 amide bonds. The first-order valence-electron chi connectivity index (χ1n) is 9.57. The fourth-order valence-corrected chi connectivity index (χ4v) is 7.26. The SMILES string of the molecule is C.CSc1sc(C(=N)N)cc1S(=O)(=O)c1cccc(-c2cc(-c3ccccc3)ccc2O)c1. The molecule has 5 nitrogen and oxygen atoms in total. The monoisotopic (exact) mass is 496 g/mol. The van der Waals surface area contributed by atoms with Gasteiger partial charge in [0.2, 0.25) is 9.84 Å². The molecule has 1 aromatic heterocycles. The van der Waals surface area contributed by atoms with Gasteiger partial charge >= 0.3 is 0 Å². The number of hydrogen-bond donors (Lipinski definition) is 3. The molecule has 33 heavy (non-hydrogen) atoms. The third kappa shape index (κ3) is 4.83. The highest BCUT2D eigenvalue weighted by molar-refractivity contribution is 8.01. The van der Waals surface area contributed by atoms with Crippen LogP contribution in [0, 0.1) is 5.41 Å². The number of thiophene rings is 1. The van der Waals surface area contributed by atoms with Crippen molar-refractivity contribution in [1.29, 1.82) is 5.41 Å². The number of phenolic OH excluding ortho intramolecular Hbond substituents is 1.